The molecule has 0 aromatic heterocycles. The third kappa shape index (κ3) is 7.74. The first-order valence-corrected chi connectivity index (χ1v) is 11.3. The van der Waals surface area contributed by atoms with E-state index in [0.717, 1.165) is 0 Å². The monoisotopic (exact) mass is 555 g/mol. The molecule has 4 amide bonds. The smallest absolute Gasteiger partial charge is 0.422 e. The topological polar surface area (TPSA) is 105 Å². The van der Waals surface area contributed by atoms with E-state index in [1.54, 1.807) is 0 Å². The largest absolute Gasteiger partial charge is 0.483 e. The number of imide groups is 1. The molecular formula is C24H20BF6N3O5. The lowest BCUT2D eigenvalue weighted by Gasteiger charge is -2.20. The van der Waals surface area contributed by atoms with Crippen molar-refractivity contribution in [3.63, 3.8) is 0 Å². The van der Waals surface area contributed by atoms with E-state index in [4.69, 9.17) is 7.85 Å². The van der Waals surface area contributed by atoms with E-state index in [2.05, 4.69) is 4.74 Å². The second-order valence-corrected chi connectivity index (χ2v) is 8.54. The second kappa shape index (κ2) is 11.8. The fourth-order valence-electron chi connectivity index (χ4n) is 3.81. The van der Waals surface area contributed by atoms with Crippen LogP contribution in [0, 0.1) is 5.82 Å². The van der Waals surface area contributed by atoms with E-state index >= 15 is 0 Å². The second-order valence-electron chi connectivity index (χ2n) is 8.54. The summed E-state index contributed by atoms with van der Waals surface area (Å²) in [7, 11) is 4.86. The molecular weight excluding hydrogens is 535 g/mol. The van der Waals surface area contributed by atoms with Gasteiger partial charge in [-0.15, -0.1) is 0 Å². The molecule has 0 unspecified atom stereocenters. The van der Waals surface area contributed by atoms with Gasteiger partial charge in [0.05, 0.1) is 5.56 Å². The third-order valence-electron chi connectivity index (χ3n) is 5.55. The van der Waals surface area contributed by atoms with Crippen molar-refractivity contribution in [2.45, 2.75) is 38.0 Å². The van der Waals surface area contributed by atoms with Crippen LogP contribution < -0.4 is 15.4 Å². The molecule has 0 saturated heterocycles. The molecule has 0 bridgehead atoms. The lowest BCUT2D eigenvalue weighted by Crippen LogP contribution is -2.38. The summed E-state index contributed by atoms with van der Waals surface area (Å²) in [5.74, 6) is -10.4. The Labute approximate surface area is 219 Å². The van der Waals surface area contributed by atoms with Crippen molar-refractivity contribution in [2.24, 2.45) is 0 Å². The number of carbonyl (C=O) groups is 4. The van der Waals surface area contributed by atoms with Crippen LogP contribution in [-0.2, 0) is 28.6 Å². The lowest BCUT2D eigenvalue weighted by atomic mass is 10.0. The third-order valence-corrected chi connectivity index (χ3v) is 5.55. The Hall–Kier alpha value is -4.04. The SMILES string of the molecule is [B]C(=O)NC(=O)CCCN1Cc2cc(CNC(=O)C(F)(F)c3ccc(F)cc3OCC(F)(F)F)ccc2C1=O. The molecule has 2 aromatic carbocycles. The molecule has 2 radical (unpaired) electrons. The minimum Gasteiger partial charge on any atom is -0.483 e. The van der Waals surface area contributed by atoms with Crippen LogP contribution in [0.2, 0.25) is 0 Å². The molecule has 0 spiro atoms. The first-order chi connectivity index (χ1) is 18.2. The molecule has 3 rings (SSSR count). The first kappa shape index (κ1) is 29.5. The predicted molar refractivity (Wildman–Crippen MR) is 123 cm³/mol. The summed E-state index contributed by atoms with van der Waals surface area (Å²) in [6, 6.07) is 5.74. The van der Waals surface area contributed by atoms with E-state index in [1.165, 1.54) is 23.1 Å². The van der Waals surface area contributed by atoms with Crippen molar-refractivity contribution in [1.82, 2.24) is 15.5 Å². The van der Waals surface area contributed by atoms with Gasteiger partial charge in [0, 0.05) is 37.7 Å². The van der Waals surface area contributed by atoms with Gasteiger partial charge in [0.2, 0.25) is 13.8 Å². The van der Waals surface area contributed by atoms with Gasteiger partial charge in [-0.3, -0.25) is 19.2 Å². The summed E-state index contributed by atoms with van der Waals surface area (Å²) in [5.41, 5.74) is -0.0115. The molecule has 206 valence electrons. The molecule has 0 aliphatic carbocycles. The van der Waals surface area contributed by atoms with Gasteiger partial charge in [0.15, 0.2) is 12.4 Å². The molecule has 0 fully saturated rings. The number of alkyl halides is 5. The van der Waals surface area contributed by atoms with Gasteiger partial charge in [0.1, 0.15) is 11.6 Å². The van der Waals surface area contributed by atoms with Crippen LogP contribution in [0.5, 0.6) is 5.75 Å². The minimum atomic E-state index is -4.88. The van der Waals surface area contributed by atoms with Crippen LogP contribution in [-0.4, -0.2) is 55.6 Å². The highest BCUT2D eigenvalue weighted by molar-refractivity contribution is 6.58. The van der Waals surface area contributed by atoms with Crippen molar-refractivity contribution in [3.05, 3.63) is 64.5 Å². The number of benzene rings is 2. The fourth-order valence-corrected chi connectivity index (χ4v) is 3.81. The van der Waals surface area contributed by atoms with Crippen LogP contribution >= 0.6 is 0 Å². The number of halogens is 6. The number of hydrogen-bond acceptors (Lipinski definition) is 5. The number of nitrogens with one attached hydrogen (secondary N) is 2. The van der Waals surface area contributed by atoms with E-state index in [-0.39, 0.29) is 31.8 Å². The quantitative estimate of drug-likeness (QED) is 0.346. The summed E-state index contributed by atoms with van der Waals surface area (Å²) >= 11 is 0. The van der Waals surface area contributed by atoms with Crippen LogP contribution in [0.15, 0.2) is 36.4 Å². The highest BCUT2D eigenvalue weighted by Gasteiger charge is 2.44. The van der Waals surface area contributed by atoms with Gasteiger partial charge in [-0.1, -0.05) is 12.1 Å². The molecule has 0 saturated carbocycles. The molecule has 1 aliphatic heterocycles. The van der Waals surface area contributed by atoms with E-state index in [9.17, 15) is 45.5 Å². The van der Waals surface area contributed by atoms with Crippen molar-refractivity contribution in [3.8, 4) is 5.75 Å². The number of ether oxygens (including phenoxy) is 1. The minimum absolute atomic E-state index is 0.0500. The normalized spacial score (nSPS) is 13.2. The van der Waals surface area contributed by atoms with Gasteiger partial charge in [-0.2, -0.15) is 22.0 Å². The molecule has 39 heavy (non-hydrogen) atoms. The number of rotatable bonds is 10. The van der Waals surface area contributed by atoms with Gasteiger partial charge in [0.25, 0.3) is 11.8 Å². The fraction of sp³-hybridized carbons (Fsp3) is 0.333. The molecule has 2 aromatic rings. The Morgan fingerprint density at radius 3 is 2.44 bits per heavy atom. The lowest BCUT2D eigenvalue weighted by molar-refractivity contribution is -0.155. The number of fused-ring (bicyclic) bond motifs is 1. The summed E-state index contributed by atoms with van der Waals surface area (Å²) in [5, 5.41) is 3.89. The first-order valence-electron chi connectivity index (χ1n) is 11.3. The number of nitrogens with zero attached hydrogens (tertiary/aromatic N) is 1. The molecule has 8 nitrogen and oxygen atoms in total. The van der Waals surface area contributed by atoms with Gasteiger partial charge >= 0.3 is 12.1 Å². The highest BCUT2D eigenvalue weighted by Crippen LogP contribution is 2.36. The van der Waals surface area contributed by atoms with Crippen LogP contribution in [0.1, 0.15) is 39.9 Å². The van der Waals surface area contributed by atoms with Gasteiger partial charge < -0.3 is 20.3 Å². The van der Waals surface area contributed by atoms with Crippen molar-refractivity contribution < 1.29 is 50.3 Å². The van der Waals surface area contributed by atoms with E-state index < -0.39 is 60.0 Å². The Morgan fingerprint density at radius 1 is 1.05 bits per heavy atom. The Morgan fingerprint density at radius 2 is 1.77 bits per heavy atom. The molecule has 2 N–H and O–H groups in total. The Balaban J connectivity index is 1.62. The predicted octanol–water partition coefficient (Wildman–Crippen LogP) is 3.32. The number of carbonyl (C=O) groups excluding carboxylic acids is 4. The van der Waals surface area contributed by atoms with Crippen LogP contribution in [0.3, 0.4) is 0 Å². The maximum atomic E-state index is 14.8. The summed E-state index contributed by atoms with van der Waals surface area (Å²) in [6.07, 6.45) is -4.69. The molecule has 1 aliphatic rings. The zero-order valence-electron chi connectivity index (χ0n) is 20.0. The highest BCUT2D eigenvalue weighted by atomic mass is 19.4. The van der Waals surface area contributed by atoms with Crippen molar-refractivity contribution in [1.29, 1.82) is 0 Å². The summed E-state index contributed by atoms with van der Waals surface area (Å²) < 4.78 is 84.9. The standard InChI is InChI=1S/C24H20BF6N3O5/c25-22(38)33-19(35)2-1-7-34-11-14-8-13(3-5-16(14)20(34)36)10-32-21(37)24(30,31)17-6-4-15(26)9-18(17)39-12-23(27,28)29/h3-6,8-9H,1-2,7,10-12H2,(H,32,37)(H,33,35,38). The Kier molecular flexibility index (Phi) is 8.92. The summed E-state index contributed by atoms with van der Waals surface area (Å²) in [6.45, 7) is -2.04. The maximum Gasteiger partial charge on any atom is 0.422 e. The number of hydrogen-bond donors (Lipinski definition) is 2. The average Bonchev–Trinajstić information content (AvgIpc) is 3.14. The van der Waals surface area contributed by atoms with Gasteiger partial charge in [-0.25, -0.2) is 4.39 Å². The van der Waals surface area contributed by atoms with Crippen molar-refractivity contribution in [2.75, 3.05) is 13.2 Å². The van der Waals surface area contributed by atoms with E-state index in [1.807, 2.05) is 10.6 Å². The number of amides is 4. The van der Waals surface area contributed by atoms with Crippen LogP contribution in [0.25, 0.3) is 0 Å². The van der Waals surface area contributed by atoms with Crippen molar-refractivity contribution >= 4 is 31.4 Å². The zero-order valence-corrected chi connectivity index (χ0v) is 20.0. The molecule has 15 heteroatoms. The Bertz CT molecular complexity index is 1290. The van der Waals surface area contributed by atoms with E-state index in [0.29, 0.717) is 34.9 Å². The average molecular weight is 555 g/mol. The molecule has 0 atom stereocenters. The molecule has 1 heterocycles. The van der Waals surface area contributed by atoms with Crippen LogP contribution in [0.4, 0.5) is 31.1 Å². The zero-order chi connectivity index (χ0) is 29.0. The summed E-state index contributed by atoms with van der Waals surface area (Å²) in [4.78, 5) is 48.5. The maximum absolute atomic E-state index is 14.8. The van der Waals surface area contributed by atoms with Gasteiger partial charge in [-0.05, 0) is 35.7 Å².